The molecule has 69 heavy (non-hydrogen) atoms. The van der Waals surface area contributed by atoms with E-state index in [9.17, 15) is 9.59 Å². The SMILES string of the molecule is CCCCCCCc1cnc(-c2ccc(C(OC(c3ccc(C(=O)OCC(C)CC)cc3)c3ccc(-c4ncc(CCCCCCC)cn4)cc3)c3ccc(C(=O)OCC(C)CC)cc3)cc2)nc1. The summed E-state index contributed by atoms with van der Waals surface area (Å²) in [5, 5.41) is 0. The van der Waals surface area contributed by atoms with Gasteiger partial charge in [-0.05, 0) is 95.2 Å². The zero-order valence-corrected chi connectivity index (χ0v) is 42.0. The third kappa shape index (κ3) is 16.0. The normalized spacial score (nSPS) is 13.1. The molecule has 9 nitrogen and oxygen atoms in total. The number of benzene rings is 4. The van der Waals surface area contributed by atoms with Crippen LogP contribution >= 0.6 is 0 Å². The molecule has 4 aromatic carbocycles. The lowest BCUT2D eigenvalue weighted by Crippen LogP contribution is -2.15. The highest BCUT2D eigenvalue weighted by Gasteiger charge is 2.25. The first-order chi connectivity index (χ1) is 33.7. The number of aromatic nitrogens is 4. The van der Waals surface area contributed by atoms with Gasteiger partial charge in [-0.3, -0.25) is 0 Å². The second-order valence-corrected chi connectivity index (χ2v) is 18.8. The van der Waals surface area contributed by atoms with Gasteiger partial charge >= 0.3 is 11.9 Å². The largest absolute Gasteiger partial charge is 0.462 e. The fraction of sp³-hybridized carbons (Fsp3) is 0.433. The number of hydrogen-bond acceptors (Lipinski definition) is 9. The molecule has 4 atom stereocenters. The van der Waals surface area contributed by atoms with Crippen molar-refractivity contribution in [1.82, 2.24) is 19.9 Å². The highest BCUT2D eigenvalue weighted by molar-refractivity contribution is 5.90. The Kier molecular flexibility index (Phi) is 21.1. The van der Waals surface area contributed by atoms with Gasteiger partial charge in [0.15, 0.2) is 11.6 Å². The molecule has 9 heteroatoms. The molecule has 0 aliphatic heterocycles. The van der Waals surface area contributed by atoms with E-state index in [-0.39, 0.29) is 23.8 Å². The Morgan fingerprint density at radius 1 is 0.435 bits per heavy atom. The van der Waals surface area contributed by atoms with E-state index in [0.717, 1.165) is 83.0 Å². The molecule has 0 aliphatic rings. The van der Waals surface area contributed by atoms with Gasteiger partial charge in [0, 0.05) is 35.9 Å². The Morgan fingerprint density at radius 2 is 0.754 bits per heavy atom. The van der Waals surface area contributed by atoms with Crippen LogP contribution < -0.4 is 0 Å². The third-order valence-corrected chi connectivity index (χ3v) is 13.1. The zero-order valence-electron chi connectivity index (χ0n) is 42.0. The van der Waals surface area contributed by atoms with E-state index in [2.05, 4.69) is 65.8 Å². The number of hydrogen-bond donors (Lipinski definition) is 0. The van der Waals surface area contributed by atoms with Crippen LogP contribution in [0.3, 0.4) is 0 Å². The minimum Gasteiger partial charge on any atom is -0.462 e. The molecule has 0 radical (unpaired) electrons. The number of carbonyl (C=O) groups excluding carboxylic acids is 2. The maximum Gasteiger partial charge on any atom is 0.338 e. The van der Waals surface area contributed by atoms with E-state index in [1.807, 2.05) is 73.3 Å². The van der Waals surface area contributed by atoms with Crippen LogP contribution in [0.5, 0.6) is 0 Å². The minimum atomic E-state index is -0.581. The topological polar surface area (TPSA) is 113 Å². The molecule has 0 N–H and O–H groups in total. The van der Waals surface area contributed by atoms with Crippen LogP contribution in [0.2, 0.25) is 0 Å². The first-order valence-corrected chi connectivity index (χ1v) is 25.7. The predicted octanol–water partition coefficient (Wildman–Crippen LogP) is 14.9. The van der Waals surface area contributed by atoms with E-state index in [0.29, 0.717) is 36.0 Å². The third-order valence-electron chi connectivity index (χ3n) is 13.1. The van der Waals surface area contributed by atoms with Crippen molar-refractivity contribution in [2.45, 2.75) is 144 Å². The molecule has 364 valence electrons. The molecule has 0 spiro atoms. The summed E-state index contributed by atoms with van der Waals surface area (Å²) in [5.41, 5.74) is 8.56. The van der Waals surface area contributed by atoms with Gasteiger partial charge in [0.1, 0.15) is 12.2 Å². The molecule has 0 fully saturated rings. The first kappa shape index (κ1) is 52.3. The van der Waals surface area contributed by atoms with Gasteiger partial charge < -0.3 is 14.2 Å². The van der Waals surface area contributed by atoms with Crippen LogP contribution in [0.15, 0.2) is 122 Å². The van der Waals surface area contributed by atoms with Crippen molar-refractivity contribution in [2.24, 2.45) is 11.8 Å². The van der Waals surface area contributed by atoms with Crippen molar-refractivity contribution in [1.29, 1.82) is 0 Å². The number of carbonyl (C=O) groups is 2. The number of nitrogens with zero attached hydrogens (tertiary/aromatic N) is 4. The Bertz CT molecular complexity index is 2250. The van der Waals surface area contributed by atoms with Gasteiger partial charge in [0.05, 0.1) is 24.3 Å². The van der Waals surface area contributed by atoms with E-state index >= 15 is 0 Å². The molecule has 0 bridgehead atoms. The molecular weight excluding hydrogens is 857 g/mol. The van der Waals surface area contributed by atoms with Gasteiger partial charge in [-0.2, -0.15) is 0 Å². The van der Waals surface area contributed by atoms with Crippen molar-refractivity contribution >= 4 is 11.9 Å². The number of aryl methyl sites for hydroxylation is 2. The Balaban J connectivity index is 1.31. The van der Waals surface area contributed by atoms with Crippen LogP contribution in [-0.4, -0.2) is 45.1 Å². The zero-order chi connectivity index (χ0) is 48.8. The maximum atomic E-state index is 13.1. The second kappa shape index (κ2) is 27.8. The molecule has 0 saturated carbocycles. The summed E-state index contributed by atoms with van der Waals surface area (Å²) in [7, 11) is 0. The first-order valence-electron chi connectivity index (χ1n) is 25.7. The van der Waals surface area contributed by atoms with Crippen LogP contribution in [0.4, 0.5) is 0 Å². The average molecular weight is 931 g/mol. The van der Waals surface area contributed by atoms with Gasteiger partial charge in [0.2, 0.25) is 0 Å². The number of unbranched alkanes of at least 4 members (excludes halogenated alkanes) is 8. The number of ether oxygens (including phenoxy) is 3. The smallest absolute Gasteiger partial charge is 0.338 e. The fourth-order valence-corrected chi connectivity index (χ4v) is 8.01. The fourth-order valence-electron chi connectivity index (χ4n) is 8.01. The molecule has 0 amide bonds. The summed E-state index contributed by atoms with van der Waals surface area (Å²) in [6, 6.07) is 31.3. The maximum absolute atomic E-state index is 13.1. The summed E-state index contributed by atoms with van der Waals surface area (Å²) in [6.07, 6.45) is 22.7. The van der Waals surface area contributed by atoms with Gasteiger partial charge in [-0.15, -0.1) is 0 Å². The van der Waals surface area contributed by atoms with E-state index in [1.165, 1.54) is 51.4 Å². The van der Waals surface area contributed by atoms with Gasteiger partial charge in [-0.1, -0.05) is 179 Å². The van der Waals surface area contributed by atoms with Crippen molar-refractivity contribution < 1.29 is 23.8 Å². The van der Waals surface area contributed by atoms with E-state index < -0.39 is 12.2 Å². The Labute approximate surface area is 411 Å². The van der Waals surface area contributed by atoms with Crippen LogP contribution in [0.25, 0.3) is 22.8 Å². The summed E-state index contributed by atoms with van der Waals surface area (Å²) in [5.74, 6) is 1.17. The molecule has 0 saturated heterocycles. The summed E-state index contributed by atoms with van der Waals surface area (Å²) < 4.78 is 18.6. The quantitative estimate of drug-likeness (QED) is 0.0350. The summed E-state index contributed by atoms with van der Waals surface area (Å²) in [6.45, 7) is 13.5. The van der Waals surface area contributed by atoms with Crippen molar-refractivity contribution in [3.05, 3.63) is 166 Å². The molecular formula is C60H74N4O5. The molecule has 6 rings (SSSR count). The minimum absolute atomic E-state index is 0.274. The van der Waals surface area contributed by atoms with Crippen LogP contribution in [0.1, 0.15) is 185 Å². The second-order valence-electron chi connectivity index (χ2n) is 18.8. The van der Waals surface area contributed by atoms with Crippen LogP contribution in [0, 0.1) is 11.8 Å². The van der Waals surface area contributed by atoms with Gasteiger partial charge in [-0.25, -0.2) is 29.5 Å². The van der Waals surface area contributed by atoms with Crippen molar-refractivity contribution in [3.8, 4) is 22.8 Å². The molecule has 6 aromatic rings. The number of rotatable bonds is 28. The summed E-state index contributed by atoms with van der Waals surface area (Å²) in [4.78, 5) is 45.3. The highest BCUT2D eigenvalue weighted by Crippen LogP contribution is 2.38. The lowest BCUT2D eigenvalue weighted by molar-refractivity contribution is 0.0306. The van der Waals surface area contributed by atoms with Gasteiger partial charge in [0.25, 0.3) is 0 Å². The summed E-state index contributed by atoms with van der Waals surface area (Å²) >= 11 is 0. The van der Waals surface area contributed by atoms with E-state index in [4.69, 9.17) is 34.1 Å². The Hall–Kier alpha value is -6.06. The standard InChI is InChI=1S/C60H74N4O5/c1-7-11-13-15-17-19-45-37-61-57(62-38-45)51-29-21-47(22-30-51)55(49-25-33-53(34-26-49)59(65)67-41-43(5)9-3)69-56(50-27-35-54(36-28-50)60(66)68-42-44(6)10-4)48-23-31-52(32-24-48)58-63-39-46(40-64-58)20-18-16-14-12-8-2/h21-40,43-44,55-56H,7-20,41-42H2,1-6H3. The highest BCUT2D eigenvalue weighted by atomic mass is 16.5. The van der Waals surface area contributed by atoms with Crippen molar-refractivity contribution in [3.63, 3.8) is 0 Å². The van der Waals surface area contributed by atoms with Crippen molar-refractivity contribution in [2.75, 3.05) is 13.2 Å². The molecule has 2 aromatic heterocycles. The molecule has 4 unspecified atom stereocenters. The monoisotopic (exact) mass is 931 g/mol. The molecule has 0 aliphatic carbocycles. The Morgan fingerprint density at radius 3 is 1.07 bits per heavy atom. The number of esters is 2. The van der Waals surface area contributed by atoms with Crippen LogP contribution in [-0.2, 0) is 27.1 Å². The lowest BCUT2D eigenvalue weighted by atomic mass is 9.95. The molecule has 2 heterocycles. The lowest BCUT2D eigenvalue weighted by Gasteiger charge is -2.27. The predicted molar refractivity (Wildman–Crippen MR) is 277 cm³/mol. The average Bonchev–Trinajstić information content (AvgIpc) is 3.40. The van der Waals surface area contributed by atoms with E-state index in [1.54, 1.807) is 24.3 Å².